The van der Waals surface area contributed by atoms with Crippen molar-refractivity contribution in [2.45, 2.75) is 150 Å². The molecule has 0 saturated carbocycles. The molecule has 0 aromatic heterocycles. The fraction of sp³-hybridized carbons (Fsp3) is 0.630. The summed E-state index contributed by atoms with van der Waals surface area (Å²) in [4.78, 5) is 61.6. The van der Waals surface area contributed by atoms with E-state index >= 15 is 0 Å². The topological polar surface area (TPSA) is 371 Å². The maximum Gasteiger partial charge on any atom is 1.00 e. The van der Waals surface area contributed by atoms with E-state index in [1.807, 2.05) is 42.5 Å². The molecule has 3 heterocycles. The van der Waals surface area contributed by atoms with Gasteiger partial charge in [-0.1, -0.05) is 61.0 Å². The number of nitrogens with one attached hydrogen (secondary N) is 3. The van der Waals surface area contributed by atoms with Crippen LogP contribution in [0.2, 0.25) is 0 Å². The number of hydrogen-bond donors (Lipinski definition) is 11. The summed E-state index contributed by atoms with van der Waals surface area (Å²) < 4.78 is 39.2. The third kappa shape index (κ3) is 16.1. The first-order chi connectivity index (χ1) is 33.3. The van der Waals surface area contributed by atoms with Crippen molar-refractivity contribution in [1.82, 2.24) is 16.0 Å². The molecule has 0 radical (unpaired) electrons. The molecule has 5 rings (SSSR count). The van der Waals surface area contributed by atoms with Crippen molar-refractivity contribution in [2.75, 3.05) is 33.5 Å². The minimum absolute atomic E-state index is 0. The molecule has 0 spiro atoms. The van der Waals surface area contributed by atoms with Crippen LogP contribution in [-0.2, 0) is 63.6 Å². The maximum atomic E-state index is 12.9. The van der Waals surface area contributed by atoms with Gasteiger partial charge in [-0.05, 0) is 29.5 Å². The Labute approximate surface area is 431 Å². The molecule has 11 N–H and O–H groups in total. The smallest absolute Gasteiger partial charge is 0.544 e. The normalized spacial score (nSPS) is 31.5. The molecular formula is C46H64N3NaO21. The van der Waals surface area contributed by atoms with Crippen molar-refractivity contribution in [1.29, 1.82) is 0 Å². The summed E-state index contributed by atoms with van der Waals surface area (Å²) in [6.07, 6.45) is -23.4. The molecule has 3 saturated heterocycles. The average Bonchev–Trinajstić information content (AvgIpc) is 3.33. The van der Waals surface area contributed by atoms with E-state index in [4.69, 9.17) is 28.4 Å². The Morgan fingerprint density at radius 2 is 1.44 bits per heavy atom. The number of methoxy groups -OCH3 is 1. The van der Waals surface area contributed by atoms with E-state index in [9.17, 15) is 69.9 Å². The number of hydrogen-bond acceptors (Lipinski definition) is 21. The van der Waals surface area contributed by atoms with E-state index in [0.717, 1.165) is 25.0 Å². The van der Waals surface area contributed by atoms with Gasteiger partial charge in [0.1, 0.15) is 66.9 Å². The Kier molecular flexibility index (Phi) is 23.6. The number of rotatable bonds is 23. The van der Waals surface area contributed by atoms with Crippen molar-refractivity contribution < 1.29 is 133 Å². The number of carboxylic acids is 1. The van der Waals surface area contributed by atoms with Gasteiger partial charge in [-0.3, -0.25) is 19.2 Å². The molecule has 2 aromatic carbocycles. The Hall–Kier alpha value is -3.77. The number of benzene rings is 2. The predicted molar refractivity (Wildman–Crippen MR) is 235 cm³/mol. The molecule has 0 aliphatic carbocycles. The Morgan fingerprint density at radius 1 is 0.803 bits per heavy atom. The monoisotopic (exact) mass is 1020 g/mol. The van der Waals surface area contributed by atoms with Crippen molar-refractivity contribution in [3.05, 3.63) is 60.2 Å². The minimum atomic E-state index is -3.02. The second-order valence-electron chi connectivity index (χ2n) is 17.3. The van der Waals surface area contributed by atoms with Gasteiger partial charge in [0.15, 0.2) is 12.6 Å². The predicted octanol–water partition coefficient (Wildman–Crippen LogP) is -7.62. The van der Waals surface area contributed by atoms with Gasteiger partial charge < -0.3 is 99.9 Å². The average molecular weight is 1020 g/mol. The van der Waals surface area contributed by atoms with Crippen LogP contribution < -0.4 is 50.6 Å². The quantitative estimate of drug-likeness (QED) is 0.0280. The third-order valence-electron chi connectivity index (χ3n) is 12.1. The number of unbranched alkanes of at least 4 members (excludes halogenated alkanes) is 2. The number of carbonyl (C=O) groups is 5. The zero-order valence-corrected chi connectivity index (χ0v) is 41.8. The molecule has 0 bridgehead atoms. The SMILES string of the molecule is COC(=O)CCCCCO[C@@H]1O[C@H](CO)[C@@H](O[C@@H]2O[C@H](CO[C@]3(C(=O)[O-])C[C@H](O)[C@@H](NC(C)=O)[C@H]([C@H](O)[C@H](O)CNC(=O)Cc4ccc(-c5ccccc5)cc4)O3)[C@H](O)[C@H](O)[C@H]2O)[C@H](O)[C@H]1NC(C)=O.[Na+]. The van der Waals surface area contributed by atoms with Gasteiger partial charge in [0.25, 0.3) is 0 Å². The van der Waals surface area contributed by atoms with Crippen molar-refractivity contribution in [2.24, 2.45) is 0 Å². The van der Waals surface area contributed by atoms with E-state index in [-0.39, 0.29) is 55.0 Å². The first kappa shape index (κ1) is 59.8. The number of carboxylic acid groups (broad SMARTS) is 1. The van der Waals surface area contributed by atoms with Crippen LogP contribution in [0.1, 0.15) is 51.5 Å². The summed E-state index contributed by atoms with van der Waals surface area (Å²) in [5.41, 5.74) is 2.52. The van der Waals surface area contributed by atoms with Gasteiger partial charge >= 0.3 is 35.5 Å². The van der Waals surface area contributed by atoms with Crippen LogP contribution in [0.4, 0.5) is 0 Å². The number of esters is 1. The van der Waals surface area contributed by atoms with E-state index in [1.54, 1.807) is 12.1 Å². The van der Waals surface area contributed by atoms with Crippen LogP contribution in [0.3, 0.4) is 0 Å². The van der Waals surface area contributed by atoms with Crippen molar-refractivity contribution in [3.8, 4) is 11.1 Å². The van der Waals surface area contributed by atoms with E-state index < -0.39 is 147 Å². The van der Waals surface area contributed by atoms with E-state index in [1.165, 1.54) is 7.11 Å². The number of aliphatic hydroxyl groups excluding tert-OH is 8. The third-order valence-corrected chi connectivity index (χ3v) is 12.1. The molecule has 25 heteroatoms. The van der Waals surface area contributed by atoms with Gasteiger partial charge in [0.2, 0.25) is 23.5 Å². The fourth-order valence-corrected chi connectivity index (χ4v) is 8.35. The van der Waals surface area contributed by atoms with E-state index in [2.05, 4.69) is 20.7 Å². The summed E-state index contributed by atoms with van der Waals surface area (Å²) in [6.45, 7) is -0.217. The molecule has 3 aliphatic heterocycles. The van der Waals surface area contributed by atoms with Crippen LogP contribution in [0, 0.1) is 0 Å². The molecule has 71 heavy (non-hydrogen) atoms. The van der Waals surface area contributed by atoms with Crippen LogP contribution in [0.25, 0.3) is 11.1 Å². The standard InChI is InChI=1S/C46H65N3O21.Na/c1-23(51)48-34-28(53)19-46(45(62)63,70-42(34)36(57)29(54)20-47-32(55)18-25-13-15-27(16-14-25)26-10-6-4-7-11-26)66-22-31-37(58)39(60)40(61)44(68-31)69-41-30(21-50)67-43(35(38(41)59)49-24(2)52)65-17-9-5-8-12-33(56)64-3;/h4,6-7,10-11,13-16,28-31,34-44,50,53-54,57-61H,5,8-9,12,17-22H2,1-3H3,(H,47,55)(H,48,51)(H,49,52)(H,62,63);/q;+1/p-1/t28-,29+,30+,31+,34+,35+,36+,37-,38+,39-,40+,41+,42+,43+,44-,46+;/m0./s1. The summed E-state index contributed by atoms with van der Waals surface area (Å²) in [5, 5.41) is 108. The summed E-state index contributed by atoms with van der Waals surface area (Å²) in [7, 11) is 1.27. The minimum Gasteiger partial charge on any atom is -0.544 e. The molecular weight excluding hydrogens is 953 g/mol. The molecule has 0 unspecified atom stereocenters. The van der Waals surface area contributed by atoms with Gasteiger partial charge in [-0.15, -0.1) is 0 Å². The molecule has 3 amide bonds. The summed E-state index contributed by atoms with van der Waals surface area (Å²) in [5.74, 6) is -7.48. The van der Waals surface area contributed by atoms with Crippen LogP contribution in [-0.4, -0.2) is 202 Å². The second kappa shape index (κ2) is 28.1. The van der Waals surface area contributed by atoms with Crippen LogP contribution in [0.5, 0.6) is 0 Å². The maximum absolute atomic E-state index is 12.9. The Bertz CT molecular complexity index is 2030. The first-order valence-electron chi connectivity index (χ1n) is 22.8. The zero-order chi connectivity index (χ0) is 51.3. The number of aliphatic carboxylic acids is 1. The van der Waals surface area contributed by atoms with Crippen LogP contribution in [0.15, 0.2) is 54.6 Å². The molecule has 390 valence electrons. The summed E-state index contributed by atoms with van der Waals surface area (Å²) in [6, 6.07) is 13.8. The van der Waals surface area contributed by atoms with E-state index in [0.29, 0.717) is 24.8 Å². The largest absolute Gasteiger partial charge is 1.00 e. The van der Waals surface area contributed by atoms with Gasteiger partial charge in [0, 0.05) is 39.8 Å². The number of aliphatic hydroxyl groups is 8. The van der Waals surface area contributed by atoms with Crippen LogP contribution >= 0.6 is 0 Å². The molecule has 3 aliphatic rings. The Morgan fingerprint density at radius 3 is 2.06 bits per heavy atom. The Balaban J connectivity index is 0.0000110. The summed E-state index contributed by atoms with van der Waals surface area (Å²) >= 11 is 0. The fourth-order valence-electron chi connectivity index (χ4n) is 8.35. The first-order valence-corrected chi connectivity index (χ1v) is 22.8. The van der Waals surface area contributed by atoms with Gasteiger partial charge in [0.05, 0.1) is 45.0 Å². The number of amides is 3. The molecule has 2 aromatic rings. The number of ether oxygens (including phenoxy) is 7. The molecule has 3 fully saturated rings. The second-order valence-corrected chi connectivity index (χ2v) is 17.3. The molecule has 24 nitrogen and oxygen atoms in total. The zero-order valence-electron chi connectivity index (χ0n) is 39.8. The number of carbonyl (C=O) groups excluding carboxylic acids is 5. The van der Waals surface area contributed by atoms with Crippen molar-refractivity contribution in [3.63, 3.8) is 0 Å². The molecule has 16 atom stereocenters. The van der Waals surface area contributed by atoms with Gasteiger partial charge in [-0.2, -0.15) is 0 Å². The van der Waals surface area contributed by atoms with Crippen molar-refractivity contribution >= 4 is 29.7 Å². The van der Waals surface area contributed by atoms with Gasteiger partial charge in [-0.25, -0.2) is 0 Å².